The Labute approximate surface area is 167 Å². The van der Waals surface area contributed by atoms with Crippen molar-refractivity contribution < 1.29 is 9.32 Å². The van der Waals surface area contributed by atoms with Gasteiger partial charge in [0.25, 0.3) is 5.91 Å². The molecule has 2 aromatic heterocycles. The molecule has 0 saturated heterocycles. The molecule has 5 rings (SSSR count). The van der Waals surface area contributed by atoms with Crippen LogP contribution in [0.25, 0.3) is 11.4 Å². The molecular weight excluding hydrogens is 366 g/mol. The van der Waals surface area contributed by atoms with E-state index >= 15 is 0 Å². The molecule has 7 nitrogen and oxygen atoms in total. The number of carbonyl (C=O) groups excluding carboxylic acids is 1. The number of aromatic amines is 1. The number of hydrogen-bond donors (Lipinski definition) is 1. The van der Waals surface area contributed by atoms with Gasteiger partial charge in [0.15, 0.2) is 0 Å². The molecule has 1 aliphatic rings. The molecule has 7 heteroatoms. The normalized spacial score (nSPS) is 15.9. The third-order valence-corrected chi connectivity index (χ3v) is 5.22. The Morgan fingerprint density at radius 2 is 1.93 bits per heavy atom. The molecule has 1 atom stereocenters. The number of benzene rings is 2. The van der Waals surface area contributed by atoms with Gasteiger partial charge in [-0.15, -0.1) is 0 Å². The molecule has 4 aromatic rings. The third-order valence-electron chi connectivity index (χ3n) is 5.22. The monoisotopic (exact) mass is 385 g/mol. The number of hydrogen-bond acceptors (Lipinski definition) is 5. The standard InChI is InChI=1S/C22H19N5O2/c1-14-7-9-15(10-8-14)20-25-21(29-26-20)19-11-17-18(24-13-23-17)12-27(19)22(28)16-5-3-2-4-6-16/h2-10,13,19H,11-12H2,1H3,(H,23,24). The van der Waals surface area contributed by atoms with Crippen LogP contribution in [0, 0.1) is 6.92 Å². The van der Waals surface area contributed by atoms with Crippen LogP contribution in [0.15, 0.2) is 65.4 Å². The van der Waals surface area contributed by atoms with Crippen molar-refractivity contribution in [2.45, 2.75) is 25.9 Å². The number of amides is 1. The highest BCUT2D eigenvalue weighted by molar-refractivity contribution is 5.94. The molecular formula is C22H19N5O2. The zero-order valence-electron chi connectivity index (χ0n) is 15.9. The largest absolute Gasteiger partial charge is 0.347 e. The van der Waals surface area contributed by atoms with Crippen LogP contribution in [0.5, 0.6) is 0 Å². The second kappa shape index (κ2) is 7.01. The van der Waals surface area contributed by atoms with Crippen LogP contribution >= 0.6 is 0 Å². The van der Waals surface area contributed by atoms with Gasteiger partial charge < -0.3 is 14.4 Å². The molecule has 1 aliphatic heterocycles. The highest BCUT2D eigenvalue weighted by atomic mass is 16.5. The third kappa shape index (κ3) is 3.20. The van der Waals surface area contributed by atoms with Crippen molar-refractivity contribution in [3.63, 3.8) is 0 Å². The minimum atomic E-state index is -0.370. The Morgan fingerprint density at radius 1 is 1.14 bits per heavy atom. The summed E-state index contributed by atoms with van der Waals surface area (Å²) in [4.78, 5) is 27.1. The smallest absolute Gasteiger partial charge is 0.254 e. The molecule has 29 heavy (non-hydrogen) atoms. The van der Waals surface area contributed by atoms with Gasteiger partial charge in [-0.1, -0.05) is 53.2 Å². The lowest BCUT2D eigenvalue weighted by Crippen LogP contribution is -2.39. The van der Waals surface area contributed by atoms with E-state index in [1.165, 1.54) is 0 Å². The Hall–Kier alpha value is -3.74. The first-order valence-corrected chi connectivity index (χ1v) is 9.47. The summed E-state index contributed by atoms with van der Waals surface area (Å²) in [6.45, 7) is 2.44. The first-order valence-electron chi connectivity index (χ1n) is 9.47. The molecule has 3 heterocycles. The Bertz CT molecular complexity index is 1150. The van der Waals surface area contributed by atoms with Crippen LogP contribution < -0.4 is 0 Å². The van der Waals surface area contributed by atoms with Crippen molar-refractivity contribution in [1.29, 1.82) is 0 Å². The number of nitrogens with zero attached hydrogens (tertiary/aromatic N) is 4. The highest BCUT2D eigenvalue weighted by Crippen LogP contribution is 2.33. The quantitative estimate of drug-likeness (QED) is 0.581. The highest BCUT2D eigenvalue weighted by Gasteiger charge is 2.36. The second-order valence-electron chi connectivity index (χ2n) is 7.17. The van der Waals surface area contributed by atoms with Crippen molar-refractivity contribution in [3.05, 3.63) is 89.3 Å². The second-order valence-corrected chi connectivity index (χ2v) is 7.17. The lowest BCUT2D eigenvalue weighted by atomic mass is 10.0. The van der Waals surface area contributed by atoms with Crippen molar-refractivity contribution >= 4 is 5.91 Å². The minimum Gasteiger partial charge on any atom is -0.347 e. The lowest BCUT2D eigenvalue weighted by molar-refractivity contribution is 0.0590. The first kappa shape index (κ1) is 17.4. The van der Waals surface area contributed by atoms with E-state index in [9.17, 15) is 4.79 Å². The first-order chi connectivity index (χ1) is 14.2. The summed E-state index contributed by atoms with van der Waals surface area (Å²) in [6.07, 6.45) is 2.18. The van der Waals surface area contributed by atoms with Gasteiger partial charge in [0.05, 0.1) is 24.3 Å². The fourth-order valence-electron chi connectivity index (χ4n) is 3.61. The van der Waals surface area contributed by atoms with E-state index in [0.717, 1.165) is 22.5 Å². The zero-order chi connectivity index (χ0) is 19.8. The molecule has 0 saturated carbocycles. The molecule has 1 unspecified atom stereocenters. The molecule has 0 radical (unpaired) electrons. The number of carbonyl (C=O) groups is 1. The Balaban J connectivity index is 1.51. The van der Waals surface area contributed by atoms with Gasteiger partial charge >= 0.3 is 0 Å². The van der Waals surface area contributed by atoms with Crippen LogP contribution in [0.3, 0.4) is 0 Å². The minimum absolute atomic E-state index is 0.0778. The maximum absolute atomic E-state index is 13.2. The summed E-state index contributed by atoms with van der Waals surface area (Å²) in [5.74, 6) is 0.851. The molecule has 1 N–H and O–H groups in total. The molecule has 144 valence electrons. The molecule has 0 spiro atoms. The van der Waals surface area contributed by atoms with E-state index in [0.29, 0.717) is 30.2 Å². The van der Waals surface area contributed by atoms with E-state index in [-0.39, 0.29) is 11.9 Å². The molecule has 1 amide bonds. The number of fused-ring (bicyclic) bond motifs is 1. The summed E-state index contributed by atoms with van der Waals surface area (Å²) < 4.78 is 5.60. The molecule has 0 bridgehead atoms. The lowest BCUT2D eigenvalue weighted by Gasteiger charge is -2.32. The van der Waals surface area contributed by atoms with E-state index < -0.39 is 0 Å². The van der Waals surface area contributed by atoms with Crippen LogP contribution in [0.2, 0.25) is 0 Å². The van der Waals surface area contributed by atoms with Crippen molar-refractivity contribution in [2.24, 2.45) is 0 Å². The van der Waals surface area contributed by atoms with Crippen molar-refractivity contribution in [1.82, 2.24) is 25.0 Å². The Morgan fingerprint density at radius 3 is 2.72 bits per heavy atom. The fourth-order valence-corrected chi connectivity index (χ4v) is 3.61. The maximum Gasteiger partial charge on any atom is 0.254 e. The van der Waals surface area contributed by atoms with E-state index in [1.807, 2.05) is 61.5 Å². The predicted octanol–water partition coefficient (Wildman–Crippen LogP) is 3.71. The van der Waals surface area contributed by atoms with Gasteiger partial charge in [-0.3, -0.25) is 4.79 Å². The van der Waals surface area contributed by atoms with Crippen molar-refractivity contribution in [3.8, 4) is 11.4 Å². The number of H-pyrrole nitrogens is 1. The Kier molecular flexibility index (Phi) is 4.20. The van der Waals surface area contributed by atoms with E-state index in [2.05, 4.69) is 20.1 Å². The summed E-state index contributed by atoms with van der Waals surface area (Å²) >= 11 is 0. The van der Waals surface area contributed by atoms with Gasteiger partial charge in [0, 0.05) is 17.5 Å². The fraction of sp³-hybridized carbons (Fsp3) is 0.182. The number of rotatable bonds is 3. The number of imidazole rings is 1. The van der Waals surface area contributed by atoms with Gasteiger partial charge in [-0.25, -0.2) is 4.98 Å². The van der Waals surface area contributed by atoms with Gasteiger partial charge in [-0.2, -0.15) is 4.98 Å². The average molecular weight is 385 g/mol. The SMILES string of the molecule is Cc1ccc(-c2noc(C3Cc4nc[nH]c4CN3C(=O)c3ccccc3)n2)cc1. The molecule has 0 aliphatic carbocycles. The molecule has 0 fully saturated rings. The number of nitrogens with one attached hydrogen (secondary N) is 1. The summed E-state index contributed by atoms with van der Waals surface area (Å²) in [5, 5.41) is 4.15. The van der Waals surface area contributed by atoms with Gasteiger partial charge in [-0.05, 0) is 19.1 Å². The zero-order valence-corrected chi connectivity index (χ0v) is 15.9. The van der Waals surface area contributed by atoms with E-state index in [1.54, 1.807) is 11.2 Å². The number of aromatic nitrogens is 4. The van der Waals surface area contributed by atoms with Gasteiger partial charge in [0.1, 0.15) is 6.04 Å². The predicted molar refractivity (Wildman–Crippen MR) is 106 cm³/mol. The van der Waals surface area contributed by atoms with E-state index in [4.69, 9.17) is 4.52 Å². The van der Waals surface area contributed by atoms with Crippen LogP contribution in [0.1, 0.15) is 39.2 Å². The number of aryl methyl sites for hydroxylation is 1. The molecule has 2 aromatic carbocycles. The van der Waals surface area contributed by atoms with Gasteiger partial charge in [0.2, 0.25) is 11.7 Å². The summed E-state index contributed by atoms with van der Waals surface area (Å²) in [7, 11) is 0. The van der Waals surface area contributed by atoms with Crippen LogP contribution in [-0.4, -0.2) is 30.9 Å². The summed E-state index contributed by atoms with van der Waals surface area (Å²) in [6, 6.07) is 16.8. The van der Waals surface area contributed by atoms with Crippen LogP contribution in [-0.2, 0) is 13.0 Å². The van der Waals surface area contributed by atoms with Crippen molar-refractivity contribution in [2.75, 3.05) is 0 Å². The topological polar surface area (TPSA) is 87.9 Å². The maximum atomic E-state index is 13.2. The summed E-state index contributed by atoms with van der Waals surface area (Å²) in [5.41, 5.74) is 4.52. The average Bonchev–Trinajstić information content (AvgIpc) is 3.43. The van der Waals surface area contributed by atoms with Crippen LogP contribution in [0.4, 0.5) is 0 Å².